The number of aryl methyl sites for hydroxylation is 2. The van der Waals surface area contributed by atoms with Crippen molar-refractivity contribution >= 4 is 17.7 Å². The van der Waals surface area contributed by atoms with E-state index < -0.39 is 5.91 Å². The third-order valence-electron chi connectivity index (χ3n) is 4.05. The van der Waals surface area contributed by atoms with Crippen molar-refractivity contribution in [1.82, 2.24) is 0 Å². The summed E-state index contributed by atoms with van der Waals surface area (Å²) in [6, 6.07) is 6.05. The van der Waals surface area contributed by atoms with Gasteiger partial charge >= 0.3 is 0 Å². The van der Waals surface area contributed by atoms with Gasteiger partial charge in [0.25, 0.3) is 5.91 Å². The normalized spacial score (nSPS) is 17.4. The van der Waals surface area contributed by atoms with E-state index in [0.717, 1.165) is 31.5 Å². The molecule has 2 aliphatic heterocycles. The molecule has 1 aromatic rings. The molecule has 102 valence electrons. The van der Waals surface area contributed by atoms with Gasteiger partial charge in [-0.3, -0.25) is 4.79 Å². The summed E-state index contributed by atoms with van der Waals surface area (Å²) >= 11 is 0. The maximum absolute atomic E-state index is 11.2. The number of nitrogens with two attached hydrogens (primary N) is 1. The van der Waals surface area contributed by atoms with Crippen LogP contribution in [0.1, 0.15) is 29.5 Å². The Labute approximate surface area is 118 Å². The molecule has 2 heterocycles. The molecule has 1 amide bonds. The van der Waals surface area contributed by atoms with Crippen molar-refractivity contribution in [2.75, 3.05) is 18.0 Å². The number of carbonyl (C=O) groups excluding carboxylic acids is 1. The van der Waals surface area contributed by atoms with Gasteiger partial charge in [-0.2, -0.15) is 5.26 Å². The Kier molecular flexibility index (Phi) is 3.19. The number of nitrogens with zero attached hydrogens (tertiary/aromatic N) is 2. The van der Waals surface area contributed by atoms with Crippen LogP contribution in [-0.4, -0.2) is 19.0 Å². The topological polar surface area (TPSA) is 70.1 Å². The van der Waals surface area contributed by atoms with Crippen LogP contribution in [0.5, 0.6) is 0 Å². The summed E-state index contributed by atoms with van der Waals surface area (Å²) in [5, 5.41) is 8.95. The summed E-state index contributed by atoms with van der Waals surface area (Å²) in [6.45, 7) is 2.28. The maximum atomic E-state index is 11.2. The van der Waals surface area contributed by atoms with Crippen molar-refractivity contribution in [1.29, 1.82) is 5.26 Å². The first kappa shape index (κ1) is 12.7. The minimum absolute atomic E-state index is 0.0145. The largest absolute Gasteiger partial charge is 0.371 e. The Hall–Kier alpha value is -2.28. The standard InChI is InChI=1S/C16H17N3O/c17-10-14(16(18)20)9-11-7-12-3-1-5-19-6-2-4-13(8-11)15(12)19/h7-9H,1-6H2,(H2,18,20). The molecule has 2 aliphatic rings. The van der Waals surface area contributed by atoms with Gasteiger partial charge in [-0.25, -0.2) is 0 Å². The van der Waals surface area contributed by atoms with Gasteiger partial charge in [-0.05, 0) is 60.6 Å². The summed E-state index contributed by atoms with van der Waals surface area (Å²) in [4.78, 5) is 13.6. The second-order valence-electron chi connectivity index (χ2n) is 5.42. The molecule has 0 fully saturated rings. The molecule has 4 heteroatoms. The van der Waals surface area contributed by atoms with E-state index in [1.54, 1.807) is 6.08 Å². The van der Waals surface area contributed by atoms with E-state index in [0.29, 0.717) is 0 Å². The Morgan fingerprint density at radius 3 is 2.35 bits per heavy atom. The van der Waals surface area contributed by atoms with E-state index in [9.17, 15) is 4.79 Å². The Balaban J connectivity index is 2.08. The van der Waals surface area contributed by atoms with Crippen LogP contribution < -0.4 is 10.6 Å². The maximum Gasteiger partial charge on any atom is 0.259 e. The van der Waals surface area contributed by atoms with Crippen molar-refractivity contribution in [3.63, 3.8) is 0 Å². The van der Waals surface area contributed by atoms with E-state index in [-0.39, 0.29) is 5.57 Å². The smallest absolute Gasteiger partial charge is 0.259 e. The van der Waals surface area contributed by atoms with E-state index in [1.807, 2.05) is 6.07 Å². The molecule has 0 aliphatic carbocycles. The summed E-state index contributed by atoms with van der Waals surface area (Å²) in [5.74, 6) is -0.666. The molecule has 4 nitrogen and oxygen atoms in total. The molecule has 0 atom stereocenters. The number of rotatable bonds is 2. The lowest BCUT2D eigenvalue weighted by molar-refractivity contribution is -0.114. The van der Waals surface area contributed by atoms with Crippen LogP contribution in [0.15, 0.2) is 17.7 Å². The lowest BCUT2D eigenvalue weighted by Crippen LogP contribution is -2.34. The van der Waals surface area contributed by atoms with Gasteiger partial charge in [0.05, 0.1) is 0 Å². The fourth-order valence-electron chi connectivity index (χ4n) is 3.24. The van der Waals surface area contributed by atoms with E-state index in [2.05, 4.69) is 17.0 Å². The fourth-order valence-corrected chi connectivity index (χ4v) is 3.24. The highest BCUT2D eigenvalue weighted by atomic mass is 16.1. The average Bonchev–Trinajstić information content (AvgIpc) is 2.45. The van der Waals surface area contributed by atoms with Crippen LogP contribution in [0, 0.1) is 11.3 Å². The van der Waals surface area contributed by atoms with Crippen molar-refractivity contribution in [3.8, 4) is 6.07 Å². The Morgan fingerprint density at radius 2 is 1.85 bits per heavy atom. The highest BCUT2D eigenvalue weighted by Crippen LogP contribution is 2.36. The predicted molar refractivity (Wildman–Crippen MR) is 78.1 cm³/mol. The molecule has 0 radical (unpaired) electrons. The van der Waals surface area contributed by atoms with Gasteiger partial charge < -0.3 is 10.6 Å². The quantitative estimate of drug-likeness (QED) is 0.656. The average molecular weight is 267 g/mol. The molecule has 0 bridgehead atoms. The minimum Gasteiger partial charge on any atom is -0.371 e. The first-order chi connectivity index (χ1) is 9.69. The number of hydrogen-bond donors (Lipinski definition) is 1. The second kappa shape index (κ2) is 5.01. The van der Waals surface area contributed by atoms with Gasteiger partial charge in [0, 0.05) is 18.8 Å². The van der Waals surface area contributed by atoms with Crippen molar-refractivity contribution < 1.29 is 4.79 Å². The van der Waals surface area contributed by atoms with Crippen molar-refractivity contribution in [2.24, 2.45) is 5.73 Å². The Morgan fingerprint density at radius 1 is 1.25 bits per heavy atom. The first-order valence-corrected chi connectivity index (χ1v) is 7.01. The summed E-state index contributed by atoms with van der Waals surface area (Å²) in [7, 11) is 0. The van der Waals surface area contributed by atoms with Gasteiger partial charge in [-0.15, -0.1) is 0 Å². The lowest BCUT2D eigenvalue weighted by Gasteiger charge is -2.37. The number of hydrogen-bond acceptors (Lipinski definition) is 3. The zero-order chi connectivity index (χ0) is 14.1. The molecule has 0 spiro atoms. The number of carbonyl (C=O) groups is 1. The van der Waals surface area contributed by atoms with Gasteiger partial charge in [-0.1, -0.05) is 0 Å². The number of primary amides is 1. The van der Waals surface area contributed by atoms with Crippen molar-refractivity contribution in [2.45, 2.75) is 25.7 Å². The predicted octanol–water partition coefficient (Wildman–Crippen LogP) is 1.78. The first-order valence-electron chi connectivity index (χ1n) is 7.01. The van der Waals surface area contributed by atoms with Gasteiger partial charge in [0.15, 0.2) is 0 Å². The molecule has 20 heavy (non-hydrogen) atoms. The van der Waals surface area contributed by atoms with E-state index in [1.165, 1.54) is 29.7 Å². The van der Waals surface area contributed by atoms with Gasteiger partial charge in [0.1, 0.15) is 11.6 Å². The highest BCUT2D eigenvalue weighted by Gasteiger charge is 2.23. The zero-order valence-electron chi connectivity index (χ0n) is 11.4. The molecular formula is C16H17N3O. The zero-order valence-corrected chi connectivity index (χ0v) is 11.4. The molecular weight excluding hydrogens is 250 g/mol. The second-order valence-corrected chi connectivity index (χ2v) is 5.42. The Bertz CT molecular complexity index is 609. The SMILES string of the molecule is N#CC(=Cc1cc2c3c(c1)CCCN3CCC2)C(N)=O. The molecule has 0 unspecified atom stereocenters. The van der Waals surface area contributed by atoms with Crippen LogP contribution in [-0.2, 0) is 17.6 Å². The van der Waals surface area contributed by atoms with E-state index in [4.69, 9.17) is 11.0 Å². The third kappa shape index (κ3) is 2.16. The summed E-state index contributed by atoms with van der Waals surface area (Å²) in [5.41, 5.74) is 10.2. The van der Waals surface area contributed by atoms with Crippen molar-refractivity contribution in [3.05, 3.63) is 34.4 Å². The minimum atomic E-state index is -0.666. The number of amides is 1. The third-order valence-corrected chi connectivity index (χ3v) is 4.05. The molecule has 3 rings (SSSR count). The number of benzene rings is 1. The molecule has 0 aromatic heterocycles. The van der Waals surface area contributed by atoms with Crippen LogP contribution in [0.25, 0.3) is 6.08 Å². The van der Waals surface area contributed by atoms with Crippen LogP contribution in [0.3, 0.4) is 0 Å². The molecule has 1 aromatic carbocycles. The number of nitriles is 1. The molecule has 0 saturated heterocycles. The van der Waals surface area contributed by atoms with Crippen LogP contribution in [0.4, 0.5) is 5.69 Å². The molecule has 2 N–H and O–H groups in total. The van der Waals surface area contributed by atoms with Gasteiger partial charge in [0.2, 0.25) is 0 Å². The number of anilines is 1. The summed E-state index contributed by atoms with van der Waals surface area (Å²) in [6.07, 6.45) is 6.08. The lowest BCUT2D eigenvalue weighted by atomic mass is 9.89. The molecule has 0 saturated carbocycles. The fraction of sp³-hybridized carbons (Fsp3) is 0.375. The van der Waals surface area contributed by atoms with E-state index >= 15 is 0 Å². The van der Waals surface area contributed by atoms with Crippen LogP contribution in [0.2, 0.25) is 0 Å². The highest BCUT2D eigenvalue weighted by molar-refractivity contribution is 6.00. The summed E-state index contributed by atoms with van der Waals surface area (Å²) < 4.78 is 0. The van der Waals surface area contributed by atoms with Crippen LogP contribution >= 0.6 is 0 Å². The monoisotopic (exact) mass is 267 g/mol.